The summed E-state index contributed by atoms with van der Waals surface area (Å²) in [7, 11) is 0. The molecule has 0 bridgehead atoms. The predicted molar refractivity (Wildman–Crippen MR) is 63.3 cm³/mol. The summed E-state index contributed by atoms with van der Waals surface area (Å²) in [6, 6.07) is 0.740. The van der Waals surface area contributed by atoms with Crippen molar-refractivity contribution in [3.05, 3.63) is 18.2 Å². The van der Waals surface area contributed by atoms with Gasteiger partial charge in [0.1, 0.15) is 0 Å². The number of imidazole rings is 1. The maximum atomic E-state index is 4.51. The van der Waals surface area contributed by atoms with Crippen molar-refractivity contribution in [3.8, 4) is 0 Å². The minimum Gasteiger partial charge on any atom is -0.334 e. The fraction of sp³-hybridized carbons (Fsp3) is 0.750. The van der Waals surface area contributed by atoms with Gasteiger partial charge in [-0.05, 0) is 19.3 Å². The van der Waals surface area contributed by atoms with Gasteiger partial charge >= 0.3 is 0 Å². The highest BCUT2D eigenvalue weighted by Gasteiger charge is 2.19. The summed E-state index contributed by atoms with van der Waals surface area (Å²) < 4.78 is 2.31. The highest BCUT2D eigenvalue weighted by molar-refractivity contribution is 4.99. The Balaban J connectivity index is 1.58. The Bertz CT molecular complexity index is 337. The minimum atomic E-state index is 0.740. The molecular weight excluding hydrogens is 200 g/mol. The fourth-order valence-corrected chi connectivity index (χ4v) is 2.44. The van der Waals surface area contributed by atoms with Gasteiger partial charge in [0.05, 0.1) is 12.0 Å². The van der Waals surface area contributed by atoms with Crippen molar-refractivity contribution in [1.82, 2.24) is 19.8 Å². The van der Waals surface area contributed by atoms with E-state index in [1.54, 1.807) is 0 Å². The quantitative estimate of drug-likeness (QED) is 0.825. The molecule has 1 saturated heterocycles. The molecule has 16 heavy (non-hydrogen) atoms. The van der Waals surface area contributed by atoms with Gasteiger partial charge < -0.3 is 9.88 Å². The summed E-state index contributed by atoms with van der Waals surface area (Å²) in [6.07, 6.45) is 8.32. The van der Waals surface area contributed by atoms with Crippen molar-refractivity contribution >= 4 is 0 Å². The zero-order chi connectivity index (χ0) is 10.8. The molecule has 0 amide bonds. The van der Waals surface area contributed by atoms with Gasteiger partial charge in [-0.15, -0.1) is 0 Å². The van der Waals surface area contributed by atoms with E-state index in [9.17, 15) is 0 Å². The van der Waals surface area contributed by atoms with Crippen molar-refractivity contribution in [3.63, 3.8) is 0 Å². The second-order valence-corrected chi connectivity index (χ2v) is 4.92. The maximum Gasteiger partial charge on any atom is 0.0952 e. The van der Waals surface area contributed by atoms with Crippen LogP contribution in [0.15, 0.2) is 12.5 Å². The van der Waals surface area contributed by atoms with E-state index in [0.29, 0.717) is 0 Å². The van der Waals surface area contributed by atoms with Crippen LogP contribution in [0.1, 0.15) is 31.0 Å². The van der Waals surface area contributed by atoms with E-state index in [-0.39, 0.29) is 0 Å². The molecular formula is C12H20N4. The third kappa shape index (κ3) is 2.13. The third-order valence-corrected chi connectivity index (χ3v) is 3.75. The largest absolute Gasteiger partial charge is 0.334 e. The van der Waals surface area contributed by atoms with E-state index < -0.39 is 0 Å². The van der Waals surface area contributed by atoms with Crippen LogP contribution in [-0.4, -0.2) is 40.6 Å². The van der Waals surface area contributed by atoms with E-state index in [2.05, 4.69) is 26.0 Å². The highest BCUT2D eigenvalue weighted by atomic mass is 15.2. The summed E-state index contributed by atoms with van der Waals surface area (Å²) in [5.74, 6) is 0. The fourth-order valence-electron chi connectivity index (χ4n) is 2.44. The zero-order valence-electron chi connectivity index (χ0n) is 9.73. The van der Waals surface area contributed by atoms with Crippen molar-refractivity contribution < 1.29 is 0 Å². The number of aromatic nitrogens is 2. The first-order valence-electron chi connectivity index (χ1n) is 6.37. The topological polar surface area (TPSA) is 33.1 Å². The molecule has 1 aliphatic heterocycles. The van der Waals surface area contributed by atoms with Crippen LogP contribution in [0.3, 0.4) is 0 Å². The van der Waals surface area contributed by atoms with Crippen LogP contribution in [0.25, 0.3) is 0 Å². The van der Waals surface area contributed by atoms with Crippen LogP contribution in [0, 0.1) is 0 Å². The number of hydrogen-bond acceptors (Lipinski definition) is 3. The predicted octanol–water partition coefficient (Wildman–Crippen LogP) is 1.01. The zero-order valence-corrected chi connectivity index (χ0v) is 9.73. The van der Waals surface area contributed by atoms with Gasteiger partial charge in [-0.2, -0.15) is 0 Å². The van der Waals surface area contributed by atoms with E-state index in [4.69, 9.17) is 0 Å². The molecule has 4 heteroatoms. The number of nitrogens with zero attached hydrogens (tertiary/aromatic N) is 3. The third-order valence-electron chi connectivity index (χ3n) is 3.75. The van der Waals surface area contributed by atoms with Crippen LogP contribution in [-0.2, 0) is 6.54 Å². The summed E-state index contributed by atoms with van der Waals surface area (Å²) >= 11 is 0. The number of hydrogen-bond donors (Lipinski definition) is 1. The highest BCUT2D eigenvalue weighted by Crippen LogP contribution is 2.31. The average Bonchev–Trinajstić information content (AvgIpc) is 2.65. The lowest BCUT2D eigenvalue weighted by atomic mass is 9.93. The van der Waals surface area contributed by atoms with Crippen LogP contribution in [0.5, 0.6) is 0 Å². The first kappa shape index (κ1) is 10.3. The first-order chi connectivity index (χ1) is 7.92. The Morgan fingerprint density at radius 2 is 2.12 bits per heavy atom. The Kier molecular flexibility index (Phi) is 2.93. The SMILES string of the molecule is c1nc(CN2CCNCC2)cn1C1CCC1. The second-order valence-electron chi connectivity index (χ2n) is 4.92. The lowest BCUT2D eigenvalue weighted by Crippen LogP contribution is -2.42. The molecule has 3 rings (SSSR count). The molecule has 0 radical (unpaired) electrons. The Labute approximate surface area is 96.7 Å². The summed E-state index contributed by atoms with van der Waals surface area (Å²) in [6.45, 7) is 5.54. The molecule has 1 saturated carbocycles. The van der Waals surface area contributed by atoms with Crippen LogP contribution in [0.2, 0.25) is 0 Å². The summed E-state index contributed by atoms with van der Waals surface area (Å²) in [4.78, 5) is 6.99. The van der Waals surface area contributed by atoms with Gasteiger partial charge in [-0.1, -0.05) is 0 Å². The number of piperazine rings is 1. The van der Waals surface area contributed by atoms with Crippen molar-refractivity contribution in [2.45, 2.75) is 31.8 Å². The summed E-state index contributed by atoms with van der Waals surface area (Å²) in [5.41, 5.74) is 1.23. The van der Waals surface area contributed by atoms with Crippen LogP contribution in [0.4, 0.5) is 0 Å². The number of nitrogens with one attached hydrogen (secondary N) is 1. The standard InChI is InChI=1S/C12H20N4/c1-2-12(3-1)16-9-11(14-10-16)8-15-6-4-13-5-7-15/h9-10,12-13H,1-8H2. The maximum absolute atomic E-state index is 4.51. The van der Waals surface area contributed by atoms with E-state index in [1.807, 2.05) is 6.33 Å². The van der Waals surface area contributed by atoms with Crippen LogP contribution >= 0.6 is 0 Å². The number of rotatable bonds is 3. The molecule has 0 unspecified atom stereocenters. The average molecular weight is 220 g/mol. The molecule has 0 aromatic carbocycles. The molecule has 0 spiro atoms. The molecule has 1 aromatic heterocycles. The van der Waals surface area contributed by atoms with Crippen molar-refractivity contribution in [2.24, 2.45) is 0 Å². The molecule has 2 heterocycles. The van der Waals surface area contributed by atoms with Gasteiger partial charge in [0.2, 0.25) is 0 Å². The lowest BCUT2D eigenvalue weighted by molar-refractivity contribution is 0.230. The van der Waals surface area contributed by atoms with Gasteiger partial charge in [0, 0.05) is 45.0 Å². The smallest absolute Gasteiger partial charge is 0.0952 e. The normalized spacial score (nSPS) is 23.2. The van der Waals surface area contributed by atoms with E-state index >= 15 is 0 Å². The lowest BCUT2D eigenvalue weighted by Gasteiger charge is -2.27. The molecule has 88 valence electrons. The van der Waals surface area contributed by atoms with Crippen molar-refractivity contribution in [2.75, 3.05) is 26.2 Å². The Morgan fingerprint density at radius 1 is 1.31 bits per heavy atom. The molecule has 1 N–H and O–H groups in total. The monoisotopic (exact) mass is 220 g/mol. The first-order valence-corrected chi connectivity index (χ1v) is 6.37. The van der Waals surface area contributed by atoms with Crippen molar-refractivity contribution in [1.29, 1.82) is 0 Å². The minimum absolute atomic E-state index is 0.740. The molecule has 2 fully saturated rings. The molecule has 1 aliphatic carbocycles. The molecule has 2 aliphatic rings. The van der Waals surface area contributed by atoms with E-state index in [0.717, 1.165) is 38.8 Å². The van der Waals surface area contributed by atoms with Gasteiger partial charge in [0.25, 0.3) is 0 Å². The van der Waals surface area contributed by atoms with Gasteiger partial charge in [-0.25, -0.2) is 4.98 Å². The molecule has 4 nitrogen and oxygen atoms in total. The van der Waals surface area contributed by atoms with Gasteiger partial charge in [0.15, 0.2) is 0 Å². The molecule has 1 aromatic rings. The Morgan fingerprint density at radius 3 is 2.81 bits per heavy atom. The van der Waals surface area contributed by atoms with Gasteiger partial charge in [-0.3, -0.25) is 4.90 Å². The van der Waals surface area contributed by atoms with Crippen LogP contribution < -0.4 is 5.32 Å². The molecule has 0 atom stereocenters. The summed E-state index contributed by atoms with van der Waals surface area (Å²) in [5, 5.41) is 3.37. The van der Waals surface area contributed by atoms with E-state index in [1.165, 1.54) is 25.0 Å². The second kappa shape index (κ2) is 4.55. The Hall–Kier alpha value is -0.870.